The fraction of sp³-hybridized carbons (Fsp3) is 0.889. The molecular weight excluding hydrogens is 197 g/mol. The fourth-order valence-electron chi connectivity index (χ4n) is 1.39. The van der Waals surface area contributed by atoms with Crippen LogP contribution in [-0.4, -0.2) is 17.3 Å². The second-order valence-electron chi connectivity index (χ2n) is 3.41. The highest BCUT2D eigenvalue weighted by atomic mass is 19.4. The van der Waals surface area contributed by atoms with Crippen LogP contribution >= 0.6 is 0 Å². The molecule has 0 unspecified atom stereocenters. The van der Waals surface area contributed by atoms with E-state index in [0.29, 0.717) is 0 Å². The van der Waals surface area contributed by atoms with Crippen molar-refractivity contribution in [1.82, 2.24) is 0 Å². The van der Waals surface area contributed by atoms with Crippen molar-refractivity contribution in [3.63, 3.8) is 0 Å². The lowest BCUT2D eigenvalue weighted by Gasteiger charge is -2.26. The lowest BCUT2D eigenvalue weighted by molar-refractivity contribution is -0.158. The van der Waals surface area contributed by atoms with Gasteiger partial charge >= 0.3 is 12.1 Å². The Balaban J connectivity index is 4.45. The third kappa shape index (κ3) is 3.55. The number of hydrogen-bond donors (Lipinski definition) is 1. The first-order valence-electron chi connectivity index (χ1n) is 4.57. The summed E-state index contributed by atoms with van der Waals surface area (Å²) < 4.78 is 35.8. The van der Waals surface area contributed by atoms with Gasteiger partial charge in [-0.15, -0.1) is 0 Å². The Morgan fingerprint density at radius 2 is 1.57 bits per heavy atom. The van der Waals surface area contributed by atoms with Crippen LogP contribution in [-0.2, 0) is 4.79 Å². The van der Waals surface area contributed by atoms with E-state index in [9.17, 15) is 18.0 Å². The molecule has 0 bridgehead atoms. The molecule has 0 amide bonds. The van der Waals surface area contributed by atoms with Gasteiger partial charge in [0.15, 0.2) is 0 Å². The second kappa shape index (κ2) is 4.66. The molecule has 0 atom stereocenters. The van der Waals surface area contributed by atoms with Gasteiger partial charge in [0.05, 0.1) is 5.41 Å². The molecule has 0 saturated heterocycles. The molecule has 84 valence electrons. The molecular formula is C9H15F3O2. The highest BCUT2D eigenvalue weighted by molar-refractivity contribution is 5.74. The summed E-state index contributed by atoms with van der Waals surface area (Å²) in [5.74, 6) is -1.13. The molecule has 0 aromatic heterocycles. The minimum absolute atomic E-state index is 0.231. The first-order valence-corrected chi connectivity index (χ1v) is 4.57. The van der Waals surface area contributed by atoms with Gasteiger partial charge in [0.25, 0.3) is 0 Å². The van der Waals surface area contributed by atoms with Crippen molar-refractivity contribution in [3.05, 3.63) is 0 Å². The summed E-state index contributed by atoms with van der Waals surface area (Å²) in [5, 5.41) is 8.85. The van der Waals surface area contributed by atoms with Crippen LogP contribution in [0.2, 0.25) is 0 Å². The Labute approximate surface area is 81.1 Å². The summed E-state index contributed by atoms with van der Waals surface area (Å²) in [6.07, 6.45) is -5.17. The molecule has 0 aliphatic heterocycles. The van der Waals surface area contributed by atoms with E-state index >= 15 is 0 Å². The van der Waals surface area contributed by atoms with Gasteiger partial charge in [-0.3, -0.25) is 4.79 Å². The number of alkyl halides is 3. The highest BCUT2D eigenvalue weighted by Crippen LogP contribution is 2.36. The zero-order chi connectivity index (χ0) is 11.4. The zero-order valence-electron chi connectivity index (χ0n) is 8.32. The summed E-state index contributed by atoms with van der Waals surface area (Å²) in [6, 6.07) is 0. The average Bonchev–Trinajstić information content (AvgIpc) is 2.04. The topological polar surface area (TPSA) is 37.3 Å². The van der Waals surface area contributed by atoms with Gasteiger partial charge in [-0.2, -0.15) is 13.2 Å². The van der Waals surface area contributed by atoms with Gasteiger partial charge in [0, 0.05) is 6.42 Å². The van der Waals surface area contributed by atoms with Gasteiger partial charge in [-0.1, -0.05) is 13.8 Å². The zero-order valence-corrected chi connectivity index (χ0v) is 8.32. The van der Waals surface area contributed by atoms with E-state index in [2.05, 4.69) is 0 Å². The van der Waals surface area contributed by atoms with Crippen molar-refractivity contribution < 1.29 is 23.1 Å². The van der Waals surface area contributed by atoms with Crippen molar-refractivity contribution in [2.24, 2.45) is 5.41 Å². The summed E-state index contributed by atoms with van der Waals surface area (Å²) in [7, 11) is 0. The van der Waals surface area contributed by atoms with E-state index in [-0.39, 0.29) is 19.3 Å². The normalized spacial score (nSPS) is 12.9. The van der Waals surface area contributed by atoms with Crippen molar-refractivity contribution in [2.75, 3.05) is 0 Å². The van der Waals surface area contributed by atoms with Crippen molar-refractivity contribution in [1.29, 1.82) is 0 Å². The number of halogens is 3. The predicted octanol–water partition coefficient (Wildman–Crippen LogP) is 3.22. The average molecular weight is 212 g/mol. The number of carboxylic acids is 1. The molecule has 0 aliphatic carbocycles. The van der Waals surface area contributed by atoms with Crippen molar-refractivity contribution in [3.8, 4) is 0 Å². The Bertz CT molecular complexity index is 195. The third-order valence-corrected chi connectivity index (χ3v) is 2.69. The molecule has 2 nitrogen and oxygen atoms in total. The van der Waals surface area contributed by atoms with Gasteiger partial charge in [0.1, 0.15) is 0 Å². The molecule has 0 saturated carbocycles. The lowest BCUT2D eigenvalue weighted by Crippen LogP contribution is -2.31. The maximum Gasteiger partial charge on any atom is 0.389 e. The predicted molar refractivity (Wildman–Crippen MR) is 45.9 cm³/mol. The largest absolute Gasteiger partial charge is 0.481 e. The van der Waals surface area contributed by atoms with Gasteiger partial charge in [-0.25, -0.2) is 0 Å². The molecule has 14 heavy (non-hydrogen) atoms. The first-order chi connectivity index (χ1) is 6.27. The molecule has 0 aromatic carbocycles. The minimum atomic E-state index is -4.27. The smallest absolute Gasteiger partial charge is 0.389 e. The van der Waals surface area contributed by atoms with Gasteiger partial charge in [0.2, 0.25) is 0 Å². The van der Waals surface area contributed by atoms with E-state index in [1.807, 2.05) is 0 Å². The molecule has 0 heterocycles. The summed E-state index contributed by atoms with van der Waals surface area (Å²) in [6.45, 7) is 3.21. The molecule has 0 aromatic rings. The molecule has 1 N–H and O–H groups in total. The Kier molecular flexibility index (Phi) is 4.42. The molecule has 0 radical (unpaired) electrons. The van der Waals surface area contributed by atoms with Crippen molar-refractivity contribution >= 4 is 5.97 Å². The standard InChI is InChI=1S/C9H15F3O2/c1-3-8(4-2,7(13)14)5-6-9(10,11)12/h3-6H2,1-2H3,(H,13,14). The molecule has 0 fully saturated rings. The van der Waals surface area contributed by atoms with Crippen LogP contribution in [0, 0.1) is 5.41 Å². The molecule has 5 heteroatoms. The molecule has 0 aliphatic rings. The number of aliphatic carboxylic acids is 1. The number of carbonyl (C=O) groups is 1. The first kappa shape index (κ1) is 13.3. The van der Waals surface area contributed by atoms with Gasteiger partial charge < -0.3 is 5.11 Å². The monoisotopic (exact) mass is 212 g/mol. The number of rotatable bonds is 5. The van der Waals surface area contributed by atoms with Crippen LogP contribution in [0.3, 0.4) is 0 Å². The Morgan fingerprint density at radius 1 is 1.14 bits per heavy atom. The van der Waals surface area contributed by atoms with E-state index in [0.717, 1.165) is 0 Å². The second-order valence-corrected chi connectivity index (χ2v) is 3.41. The Hall–Kier alpha value is -0.740. The minimum Gasteiger partial charge on any atom is -0.481 e. The van der Waals surface area contributed by atoms with Crippen LogP contribution in [0.15, 0.2) is 0 Å². The van der Waals surface area contributed by atoms with Crippen LogP contribution in [0.4, 0.5) is 13.2 Å². The maximum atomic E-state index is 11.9. The van der Waals surface area contributed by atoms with Crippen molar-refractivity contribution in [2.45, 2.75) is 45.7 Å². The van der Waals surface area contributed by atoms with Gasteiger partial charge in [-0.05, 0) is 19.3 Å². The van der Waals surface area contributed by atoms with Crippen LogP contribution in [0.1, 0.15) is 39.5 Å². The maximum absolute atomic E-state index is 11.9. The number of hydrogen-bond acceptors (Lipinski definition) is 1. The highest BCUT2D eigenvalue weighted by Gasteiger charge is 2.39. The molecule has 0 rings (SSSR count). The summed E-state index contributed by atoms with van der Waals surface area (Å²) in [5.41, 5.74) is -1.21. The fourth-order valence-corrected chi connectivity index (χ4v) is 1.39. The van der Waals surface area contributed by atoms with E-state index < -0.39 is 24.0 Å². The SMILES string of the molecule is CCC(CC)(CCC(F)(F)F)C(=O)O. The van der Waals surface area contributed by atoms with Crippen LogP contribution in [0.25, 0.3) is 0 Å². The van der Waals surface area contributed by atoms with Crippen LogP contribution < -0.4 is 0 Å². The Morgan fingerprint density at radius 3 is 1.79 bits per heavy atom. The van der Waals surface area contributed by atoms with Crippen LogP contribution in [0.5, 0.6) is 0 Å². The third-order valence-electron chi connectivity index (χ3n) is 2.69. The molecule has 0 spiro atoms. The van der Waals surface area contributed by atoms with E-state index in [1.54, 1.807) is 13.8 Å². The summed E-state index contributed by atoms with van der Waals surface area (Å²) in [4.78, 5) is 10.8. The quantitative estimate of drug-likeness (QED) is 0.759. The van der Waals surface area contributed by atoms with E-state index in [1.165, 1.54) is 0 Å². The summed E-state index contributed by atoms with van der Waals surface area (Å²) >= 11 is 0. The lowest BCUT2D eigenvalue weighted by atomic mass is 9.78. The number of carboxylic acid groups (broad SMARTS) is 1. The van der Waals surface area contributed by atoms with E-state index in [4.69, 9.17) is 5.11 Å².